The third kappa shape index (κ3) is 3.32. The standard InChI is InChI=1S/C16H19NO2/c1-2-17-15(18)14-9-5-4-8-13(14)12-16(19)10-6-3-7-11-16/h3-10,19H,2,11-12H2,1H3,(H,17,18). The number of amides is 1. The highest BCUT2D eigenvalue weighted by Gasteiger charge is 2.25. The lowest BCUT2D eigenvalue weighted by atomic mass is 9.86. The summed E-state index contributed by atoms with van der Waals surface area (Å²) in [5.41, 5.74) is 0.619. The van der Waals surface area contributed by atoms with E-state index in [9.17, 15) is 9.90 Å². The molecule has 1 aliphatic rings. The van der Waals surface area contributed by atoms with Crippen LogP contribution in [-0.4, -0.2) is 23.2 Å². The van der Waals surface area contributed by atoms with Gasteiger partial charge in [0.2, 0.25) is 0 Å². The lowest BCUT2D eigenvalue weighted by Gasteiger charge is -2.26. The normalized spacial score (nSPS) is 21.4. The van der Waals surface area contributed by atoms with E-state index in [1.807, 2.05) is 43.4 Å². The van der Waals surface area contributed by atoms with Crippen LogP contribution in [0.3, 0.4) is 0 Å². The van der Waals surface area contributed by atoms with Gasteiger partial charge in [-0.05, 0) is 25.0 Å². The van der Waals surface area contributed by atoms with Crippen molar-refractivity contribution in [1.82, 2.24) is 5.32 Å². The second-order valence-electron chi connectivity index (χ2n) is 4.79. The maximum atomic E-state index is 12.0. The second kappa shape index (κ2) is 5.85. The van der Waals surface area contributed by atoms with E-state index < -0.39 is 5.60 Å². The van der Waals surface area contributed by atoms with Gasteiger partial charge in [-0.2, -0.15) is 0 Å². The Morgan fingerprint density at radius 3 is 2.84 bits per heavy atom. The predicted molar refractivity (Wildman–Crippen MR) is 76.0 cm³/mol. The molecule has 1 aromatic carbocycles. The molecule has 0 spiro atoms. The summed E-state index contributed by atoms with van der Waals surface area (Å²) in [6, 6.07) is 7.43. The lowest BCUT2D eigenvalue weighted by Crippen LogP contribution is -2.31. The number of hydrogen-bond donors (Lipinski definition) is 2. The molecule has 3 heteroatoms. The number of allylic oxidation sites excluding steroid dienone is 2. The first-order valence-electron chi connectivity index (χ1n) is 6.57. The second-order valence-corrected chi connectivity index (χ2v) is 4.79. The topological polar surface area (TPSA) is 49.3 Å². The van der Waals surface area contributed by atoms with Crippen LogP contribution < -0.4 is 5.32 Å². The van der Waals surface area contributed by atoms with Crippen molar-refractivity contribution in [2.24, 2.45) is 0 Å². The lowest BCUT2D eigenvalue weighted by molar-refractivity contribution is 0.0911. The van der Waals surface area contributed by atoms with Crippen molar-refractivity contribution < 1.29 is 9.90 Å². The van der Waals surface area contributed by atoms with Crippen LogP contribution in [0.2, 0.25) is 0 Å². The third-order valence-electron chi connectivity index (χ3n) is 3.22. The quantitative estimate of drug-likeness (QED) is 0.869. The molecule has 0 aromatic heterocycles. The van der Waals surface area contributed by atoms with E-state index in [1.54, 1.807) is 12.1 Å². The Morgan fingerprint density at radius 1 is 1.37 bits per heavy atom. The molecule has 100 valence electrons. The average molecular weight is 257 g/mol. The van der Waals surface area contributed by atoms with Crippen LogP contribution in [-0.2, 0) is 6.42 Å². The van der Waals surface area contributed by atoms with Crippen molar-refractivity contribution in [2.75, 3.05) is 6.54 Å². The van der Waals surface area contributed by atoms with Crippen molar-refractivity contribution in [3.63, 3.8) is 0 Å². The summed E-state index contributed by atoms with van der Waals surface area (Å²) in [6.45, 7) is 2.49. The molecule has 2 N–H and O–H groups in total. The van der Waals surface area contributed by atoms with Crippen LogP contribution in [0, 0.1) is 0 Å². The molecular formula is C16H19NO2. The highest BCUT2D eigenvalue weighted by molar-refractivity contribution is 5.95. The fourth-order valence-electron chi connectivity index (χ4n) is 2.27. The zero-order valence-corrected chi connectivity index (χ0v) is 11.1. The average Bonchev–Trinajstić information content (AvgIpc) is 2.40. The number of carbonyl (C=O) groups is 1. The molecule has 0 radical (unpaired) electrons. The fourth-order valence-corrected chi connectivity index (χ4v) is 2.27. The van der Waals surface area contributed by atoms with Crippen LogP contribution in [0.5, 0.6) is 0 Å². The zero-order chi connectivity index (χ0) is 13.7. The van der Waals surface area contributed by atoms with Gasteiger partial charge in [0, 0.05) is 18.5 Å². The van der Waals surface area contributed by atoms with E-state index in [4.69, 9.17) is 0 Å². The third-order valence-corrected chi connectivity index (χ3v) is 3.22. The number of benzene rings is 1. The van der Waals surface area contributed by atoms with Gasteiger partial charge in [-0.1, -0.05) is 42.5 Å². The van der Waals surface area contributed by atoms with Crippen LogP contribution >= 0.6 is 0 Å². The minimum Gasteiger partial charge on any atom is -0.385 e. The molecular weight excluding hydrogens is 238 g/mol. The summed E-state index contributed by atoms with van der Waals surface area (Å²) in [6.07, 6.45) is 8.52. The summed E-state index contributed by atoms with van der Waals surface area (Å²) in [5, 5.41) is 13.3. The first kappa shape index (κ1) is 13.6. The van der Waals surface area contributed by atoms with Crippen LogP contribution in [0.25, 0.3) is 0 Å². The molecule has 0 saturated heterocycles. The number of hydrogen-bond acceptors (Lipinski definition) is 2. The van der Waals surface area contributed by atoms with Crippen LogP contribution in [0.1, 0.15) is 29.3 Å². The molecule has 1 amide bonds. The first-order valence-corrected chi connectivity index (χ1v) is 6.57. The molecule has 0 bridgehead atoms. The molecule has 0 heterocycles. The van der Waals surface area contributed by atoms with Gasteiger partial charge in [0.1, 0.15) is 0 Å². The van der Waals surface area contributed by atoms with Gasteiger partial charge < -0.3 is 10.4 Å². The SMILES string of the molecule is CCNC(=O)c1ccccc1CC1(O)C=CC=CC1. The number of rotatable bonds is 4. The van der Waals surface area contributed by atoms with Crippen LogP contribution in [0.15, 0.2) is 48.6 Å². The van der Waals surface area contributed by atoms with Crippen molar-refractivity contribution in [3.8, 4) is 0 Å². The van der Waals surface area contributed by atoms with Gasteiger partial charge in [0.25, 0.3) is 5.91 Å². The predicted octanol–water partition coefficient (Wildman–Crippen LogP) is 2.23. The summed E-state index contributed by atoms with van der Waals surface area (Å²) in [4.78, 5) is 12.0. The Labute approximate surface area is 113 Å². The van der Waals surface area contributed by atoms with E-state index in [0.717, 1.165) is 5.56 Å². The number of carbonyl (C=O) groups excluding carboxylic acids is 1. The minimum absolute atomic E-state index is 0.0861. The van der Waals surface area contributed by atoms with Gasteiger partial charge in [0.15, 0.2) is 0 Å². The molecule has 0 saturated carbocycles. The highest BCUT2D eigenvalue weighted by atomic mass is 16.3. The smallest absolute Gasteiger partial charge is 0.251 e. The Kier molecular flexibility index (Phi) is 4.17. The Bertz CT molecular complexity index is 519. The molecule has 1 aromatic rings. The van der Waals surface area contributed by atoms with E-state index >= 15 is 0 Å². The Balaban J connectivity index is 2.23. The Hall–Kier alpha value is -1.87. The van der Waals surface area contributed by atoms with Crippen molar-refractivity contribution in [3.05, 3.63) is 59.7 Å². The van der Waals surface area contributed by atoms with Gasteiger partial charge in [-0.3, -0.25) is 4.79 Å². The maximum absolute atomic E-state index is 12.0. The molecule has 2 rings (SSSR count). The summed E-state index contributed by atoms with van der Waals surface area (Å²) >= 11 is 0. The van der Waals surface area contributed by atoms with Gasteiger partial charge in [-0.25, -0.2) is 0 Å². The van der Waals surface area contributed by atoms with Crippen molar-refractivity contribution in [1.29, 1.82) is 0 Å². The minimum atomic E-state index is -0.892. The monoisotopic (exact) mass is 257 g/mol. The summed E-state index contributed by atoms with van der Waals surface area (Å²) in [5.74, 6) is -0.0861. The zero-order valence-electron chi connectivity index (χ0n) is 11.1. The largest absolute Gasteiger partial charge is 0.385 e. The maximum Gasteiger partial charge on any atom is 0.251 e. The van der Waals surface area contributed by atoms with Crippen LogP contribution in [0.4, 0.5) is 0 Å². The van der Waals surface area contributed by atoms with Crippen molar-refractivity contribution >= 4 is 5.91 Å². The summed E-state index contributed by atoms with van der Waals surface area (Å²) in [7, 11) is 0. The highest BCUT2D eigenvalue weighted by Crippen LogP contribution is 2.24. The van der Waals surface area contributed by atoms with E-state index in [-0.39, 0.29) is 5.91 Å². The van der Waals surface area contributed by atoms with Crippen molar-refractivity contribution in [2.45, 2.75) is 25.4 Å². The molecule has 3 nitrogen and oxygen atoms in total. The molecule has 1 unspecified atom stereocenters. The molecule has 0 aliphatic heterocycles. The molecule has 1 atom stereocenters. The Morgan fingerprint density at radius 2 is 2.16 bits per heavy atom. The molecule has 1 aliphatic carbocycles. The molecule has 0 fully saturated rings. The number of nitrogens with one attached hydrogen (secondary N) is 1. The van der Waals surface area contributed by atoms with Gasteiger partial charge in [-0.15, -0.1) is 0 Å². The van der Waals surface area contributed by atoms with Gasteiger partial charge in [0.05, 0.1) is 5.60 Å². The first-order chi connectivity index (χ1) is 9.14. The van der Waals surface area contributed by atoms with E-state index in [2.05, 4.69) is 5.32 Å². The van der Waals surface area contributed by atoms with E-state index in [0.29, 0.717) is 24.9 Å². The number of aliphatic hydroxyl groups is 1. The fraction of sp³-hybridized carbons (Fsp3) is 0.312. The molecule has 19 heavy (non-hydrogen) atoms. The van der Waals surface area contributed by atoms with E-state index in [1.165, 1.54) is 0 Å². The summed E-state index contributed by atoms with van der Waals surface area (Å²) < 4.78 is 0. The van der Waals surface area contributed by atoms with Gasteiger partial charge >= 0.3 is 0 Å².